The monoisotopic (exact) mass is 312 g/mol. The van der Waals surface area contributed by atoms with Crippen molar-refractivity contribution in [3.8, 4) is 0 Å². The summed E-state index contributed by atoms with van der Waals surface area (Å²) >= 11 is 3.35. The van der Waals surface area contributed by atoms with Gasteiger partial charge in [-0.3, -0.25) is 9.59 Å². The molecule has 0 saturated heterocycles. The van der Waals surface area contributed by atoms with Gasteiger partial charge in [-0.05, 0) is 44.5 Å². The highest BCUT2D eigenvalue weighted by Crippen LogP contribution is 2.20. The van der Waals surface area contributed by atoms with Gasteiger partial charge in [0.2, 0.25) is 11.8 Å². The van der Waals surface area contributed by atoms with Crippen LogP contribution in [0, 0.1) is 6.92 Å². The Kier molecular flexibility index (Phi) is 5.34. The third kappa shape index (κ3) is 4.87. The van der Waals surface area contributed by atoms with Crippen LogP contribution in [0.2, 0.25) is 0 Å². The zero-order chi connectivity index (χ0) is 13.7. The van der Waals surface area contributed by atoms with Gasteiger partial charge in [-0.15, -0.1) is 0 Å². The van der Waals surface area contributed by atoms with Crippen molar-refractivity contribution in [2.75, 3.05) is 5.32 Å². The summed E-state index contributed by atoms with van der Waals surface area (Å²) in [5.74, 6) is -0.573. The molecule has 0 aliphatic carbocycles. The molecule has 0 spiro atoms. The van der Waals surface area contributed by atoms with Crippen LogP contribution in [0.25, 0.3) is 0 Å². The summed E-state index contributed by atoms with van der Waals surface area (Å²) in [6, 6.07) is 5.60. The summed E-state index contributed by atoms with van der Waals surface area (Å²) in [7, 11) is 0. The lowest BCUT2D eigenvalue weighted by atomic mass is 10.2. The van der Waals surface area contributed by atoms with Crippen LogP contribution in [0.5, 0.6) is 0 Å². The Balaban J connectivity index is 2.57. The minimum absolute atomic E-state index is 0.0414. The van der Waals surface area contributed by atoms with E-state index in [1.54, 1.807) is 6.07 Å². The quantitative estimate of drug-likeness (QED) is 0.840. The maximum absolute atomic E-state index is 11.7. The first-order valence-electron chi connectivity index (χ1n) is 5.74. The van der Waals surface area contributed by atoms with Gasteiger partial charge in [-0.2, -0.15) is 0 Å². The molecule has 0 unspecified atom stereocenters. The predicted octanol–water partition coefficient (Wildman–Crippen LogP) is 2.61. The SMILES string of the molecule is Cc1cc(Br)ccc1NC(=O)CC(=O)NC(C)C. The number of carbonyl (C=O) groups excluding carboxylic acids is 2. The Hall–Kier alpha value is -1.36. The van der Waals surface area contributed by atoms with Crippen molar-refractivity contribution in [3.63, 3.8) is 0 Å². The van der Waals surface area contributed by atoms with Crippen molar-refractivity contribution in [2.24, 2.45) is 0 Å². The lowest BCUT2D eigenvalue weighted by Crippen LogP contribution is -2.33. The number of hydrogen-bond donors (Lipinski definition) is 2. The normalized spacial score (nSPS) is 10.3. The molecular formula is C13H17BrN2O2. The molecule has 0 aromatic heterocycles. The lowest BCUT2D eigenvalue weighted by Gasteiger charge is -2.10. The highest BCUT2D eigenvalue weighted by Gasteiger charge is 2.11. The molecule has 98 valence electrons. The molecule has 0 bridgehead atoms. The van der Waals surface area contributed by atoms with E-state index in [2.05, 4.69) is 26.6 Å². The van der Waals surface area contributed by atoms with Crippen LogP contribution < -0.4 is 10.6 Å². The van der Waals surface area contributed by atoms with Crippen LogP contribution in [0.4, 0.5) is 5.69 Å². The van der Waals surface area contributed by atoms with Gasteiger partial charge in [0, 0.05) is 16.2 Å². The fourth-order valence-electron chi connectivity index (χ4n) is 1.48. The zero-order valence-corrected chi connectivity index (χ0v) is 12.3. The van der Waals surface area contributed by atoms with Crippen molar-refractivity contribution >= 4 is 33.4 Å². The second kappa shape index (κ2) is 6.54. The van der Waals surface area contributed by atoms with E-state index in [1.165, 1.54) is 0 Å². The fourth-order valence-corrected chi connectivity index (χ4v) is 1.96. The number of halogens is 1. The highest BCUT2D eigenvalue weighted by molar-refractivity contribution is 9.10. The summed E-state index contributed by atoms with van der Waals surface area (Å²) < 4.78 is 0.954. The maximum atomic E-state index is 11.7. The molecule has 0 radical (unpaired) electrons. The van der Waals surface area contributed by atoms with E-state index in [1.807, 2.05) is 32.9 Å². The van der Waals surface area contributed by atoms with E-state index in [-0.39, 0.29) is 24.3 Å². The molecule has 18 heavy (non-hydrogen) atoms. The summed E-state index contributed by atoms with van der Waals surface area (Å²) in [6.45, 7) is 5.61. The van der Waals surface area contributed by atoms with Crippen LogP contribution in [-0.4, -0.2) is 17.9 Å². The summed E-state index contributed by atoms with van der Waals surface area (Å²) in [5.41, 5.74) is 1.67. The molecule has 4 nitrogen and oxygen atoms in total. The van der Waals surface area contributed by atoms with Crippen molar-refractivity contribution in [1.82, 2.24) is 5.32 Å². The summed E-state index contributed by atoms with van der Waals surface area (Å²) in [4.78, 5) is 23.1. The Morgan fingerprint density at radius 1 is 1.28 bits per heavy atom. The third-order valence-electron chi connectivity index (χ3n) is 2.23. The molecule has 2 amide bonds. The number of rotatable bonds is 4. The maximum Gasteiger partial charge on any atom is 0.233 e. The standard InChI is InChI=1S/C13H17BrN2O2/c1-8(2)15-12(17)7-13(18)16-11-5-4-10(14)6-9(11)3/h4-6,8H,7H2,1-3H3,(H,15,17)(H,16,18). The second-order valence-corrected chi connectivity index (χ2v) is 5.32. The van der Waals surface area contributed by atoms with E-state index >= 15 is 0 Å². The third-order valence-corrected chi connectivity index (χ3v) is 2.73. The van der Waals surface area contributed by atoms with Crippen LogP contribution >= 0.6 is 15.9 Å². The first-order chi connectivity index (χ1) is 8.38. The van der Waals surface area contributed by atoms with Crippen molar-refractivity contribution in [3.05, 3.63) is 28.2 Å². The van der Waals surface area contributed by atoms with Crippen molar-refractivity contribution < 1.29 is 9.59 Å². The van der Waals surface area contributed by atoms with Crippen molar-refractivity contribution in [1.29, 1.82) is 0 Å². The van der Waals surface area contributed by atoms with Gasteiger partial charge < -0.3 is 10.6 Å². The van der Waals surface area contributed by atoms with Gasteiger partial charge >= 0.3 is 0 Å². The number of carbonyl (C=O) groups is 2. The van der Waals surface area contributed by atoms with Gasteiger partial charge in [0.1, 0.15) is 6.42 Å². The Bertz CT molecular complexity index is 458. The van der Waals surface area contributed by atoms with Crippen LogP contribution in [-0.2, 0) is 9.59 Å². The first kappa shape index (κ1) is 14.7. The number of hydrogen-bond acceptors (Lipinski definition) is 2. The minimum atomic E-state index is -0.307. The second-order valence-electron chi connectivity index (χ2n) is 4.41. The average Bonchev–Trinajstić information content (AvgIpc) is 2.20. The number of amides is 2. The van der Waals surface area contributed by atoms with E-state index in [0.29, 0.717) is 0 Å². The molecule has 2 N–H and O–H groups in total. The van der Waals surface area contributed by atoms with E-state index in [4.69, 9.17) is 0 Å². The van der Waals surface area contributed by atoms with Gasteiger partial charge in [0.25, 0.3) is 0 Å². The molecule has 0 saturated carbocycles. The number of nitrogens with one attached hydrogen (secondary N) is 2. The Labute approximate surface area is 115 Å². The molecule has 0 aliphatic rings. The minimum Gasteiger partial charge on any atom is -0.353 e. The van der Waals surface area contributed by atoms with Crippen LogP contribution in [0.1, 0.15) is 25.8 Å². The zero-order valence-electron chi connectivity index (χ0n) is 10.7. The van der Waals surface area contributed by atoms with Crippen LogP contribution in [0.15, 0.2) is 22.7 Å². The van der Waals surface area contributed by atoms with E-state index in [0.717, 1.165) is 15.7 Å². The average molecular weight is 313 g/mol. The largest absolute Gasteiger partial charge is 0.353 e. The molecule has 1 aromatic carbocycles. The number of aryl methyl sites for hydroxylation is 1. The molecule has 0 atom stereocenters. The first-order valence-corrected chi connectivity index (χ1v) is 6.53. The molecule has 5 heteroatoms. The van der Waals surface area contributed by atoms with Crippen molar-refractivity contribution in [2.45, 2.75) is 33.2 Å². The van der Waals surface area contributed by atoms with Gasteiger partial charge in [-0.1, -0.05) is 15.9 Å². The molecule has 1 rings (SSSR count). The van der Waals surface area contributed by atoms with E-state index < -0.39 is 0 Å². The molecule has 1 aromatic rings. The molecule has 0 fully saturated rings. The summed E-state index contributed by atoms with van der Waals surface area (Å²) in [5, 5.41) is 5.40. The van der Waals surface area contributed by atoms with Crippen LogP contribution in [0.3, 0.4) is 0 Å². The molecule has 0 aliphatic heterocycles. The van der Waals surface area contributed by atoms with Gasteiger partial charge in [0.15, 0.2) is 0 Å². The highest BCUT2D eigenvalue weighted by atomic mass is 79.9. The van der Waals surface area contributed by atoms with E-state index in [9.17, 15) is 9.59 Å². The molecule has 0 heterocycles. The number of benzene rings is 1. The smallest absolute Gasteiger partial charge is 0.233 e. The Morgan fingerprint density at radius 3 is 2.50 bits per heavy atom. The lowest BCUT2D eigenvalue weighted by molar-refractivity contribution is -0.127. The topological polar surface area (TPSA) is 58.2 Å². The van der Waals surface area contributed by atoms with Gasteiger partial charge in [0.05, 0.1) is 0 Å². The predicted molar refractivity (Wildman–Crippen MR) is 75.4 cm³/mol. The summed E-state index contributed by atoms with van der Waals surface area (Å²) in [6.07, 6.45) is -0.159. The molecular weight excluding hydrogens is 296 g/mol. The Morgan fingerprint density at radius 2 is 1.94 bits per heavy atom. The number of anilines is 1. The van der Waals surface area contributed by atoms with Gasteiger partial charge in [-0.25, -0.2) is 0 Å². The fraction of sp³-hybridized carbons (Fsp3) is 0.385.